The summed E-state index contributed by atoms with van der Waals surface area (Å²) in [7, 11) is 0. The van der Waals surface area contributed by atoms with Gasteiger partial charge in [0.25, 0.3) is 0 Å². The zero-order valence-electron chi connectivity index (χ0n) is 25.6. The first-order valence-corrected chi connectivity index (χ1v) is 15.5. The van der Waals surface area contributed by atoms with Crippen molar-refractivity contribution >= 4 is 11.9 Å². The second kappa shape index (κ2) is 11.0. The highest BCUT2D eigenvalue weighted by atomic mass is 16.5. The van der Waals surface area contributed by atoms with Crippen molar-refractivity contribution in [2.75, 3.05) is 13.2 Å². The predicted molar refractivity (Wildman–Crippen MR) is 152 cm³/mol. The Hall–Kier alpha value is -1.14. The molecule has 0 aromatic heterocycles. The minimum atomic E-state index is -0.00603. The fourth-order valence-corrected chi connectivity index (χ4v) is 8.58. The van der Waals surface area contributed by atoms with Gasteiger partial charge in [0.15, 0.2) is 0 Å². The Balaban J connectivity index is 1.14. The molecule has 2 saturated heterocycles. The summed E-state index contributed by atoms with van der Waals surface area (Å²) in [5.41, 5.74) is 0.174. The third-order valence-electron chi connectivity index (χ3n) is 10.6. The predicted octanol–water partition coefficient (Wildman–Crippen LogP) is 6.02. The van der Waals surface area contributed by atoms with Crippen LogP contribution in [-0.4, -0.2) is 47.3 Å². The Morgan fingerprint density at radius 3 is 1.16 bits per heavy atom. The van der Waals surface area contributed by atoms with Gasteiger partial charge in [-0.15, -0.1) is 0 Å². The molecule has 2 aliphatic carbocycles. The Morgan fingerprint density at radius 1 is 0.579 bits per heavy atom. The minimum Gasteiger partial charge on any atom is -0.465 e. The smallest absolute Gasteiger partial charge is 0.308 e. The highest BCUT2D eigenvalue weighted by molar-refractivity contribution is 5.73. The van der Waals surface area contributed by atoms with Crippen LogP contribution in [0.5, 0.6) is 0 Å². The molecule has 218 valence electrons. The average molecular weight is 533 g/mol. The molecule has 0 aromatic carbocycles. The van der Waals surface area contributed by atoms with E-state index in [2.05, 4.69) is 66.0 Å². The lowest BCUT2D eigenvalue weighted by Crippen LogP contribution is -2.46. The van der Waals surface area contributed by atoms with Crippen LogP contribution < -0.4 is 10.6 Å². The van der Waals surface area contributed by atoms with E-state index in [9.17, 15) is 9.59 Å². The summed E-state index contributed by atoms with van der Waals surface area (Å²) >= 11 is 0. The fourth-order valence-electron chi connectivity index (χ4n) is 8.58. The first-order chi connectivity index (χ1) is 17.6. The highest BCUT2D eigenvalue weighted by Gasteiger charge is 2.46. The summed E-state index contributed by atoms with van der Waals surface area (Å²) in [5.74, 6) is 2.22. The Bertz CT molecular complexity index is 778. The summed E-state index contributed by atoms with van der Waals surface area (Å²) in [6.07, 6.45) is 10.3. The summed E-state index contributed by atoms with van der Waals surface area (Å²) in [4.78, 5) is 25.7. The average Bonchev–Trinajstić information content (AvgIpc) is 3.18. The molecular formula is C32H56N2O4. The van der Waals surface area contributed by atoms with Gasteiger partial charge in [0.2, 0.25) is 0 Å². The molecule has 2 saturated carbocycles. The molecule has 6 heteroatoms. The van der Waals surface area contributed by atoms with Gasteiger partial charge in [-0.05, 0) is 131 Å². The number of rotatable bonds is 7. The molecule has 4 rings (SSSR count). The van der Waals surface area contributed by atoms with Crippen molar-refractivity contribution in [1.82, 2.24) is 10.6 Å². The fraction of sp³-hybridized carbons (Fsp3) is 0.938. The molecule has 0 aromatic rings. The molecule has 0 bridgehead atoms. The number of hydrogen-bond donors (Lipinski definition) is 2. The van der Waals surface area contributed by atoms with Crippen LogP contribution in [0.1, 0.15) is 120 Å². The Morgan fingerprint density at radius 2 is 0.895 bits per heavy atom. The maximum atomic E-state index is 12.9. The zero-order valence-corrected chi connectivity index (χ0v) is 25.6. The quantitative estimate of drug-likeness (QED) is 0.391. The van der Waals surface area contributed by atoms with Crippen molar-refractivity contribution in [3.8, 4) is 0 Å². The molecule has 0 radical (unpaired) electrons. The van der Waals surface area contributed by atoms with Crippen molar-refractivity contribution in [3.63, 3.8) is 0 Å². The maximum absolute atomic E-state index is 12.9. The van der Waals surface area contributed by atoms with Gasteiger partial charge in [-0.3, -0.25) is 9.59 Å². The third kappa shape index (κ3) is 7.13. The minimum absolute atomic E-state index is 0.00603. The van der Waals surface area contributed by atoms with Crippen molar-refractivity contribution < 1.29 is 19.1 Å². The topological polar surface area (TPSA) is 76.7 Å². The number of ether oxygens (including phenoxy) is 2. The monoisotopic (exact) mass is 532 g/mol. The summed E-state index contributed by atoms with van der Waals surface area (Å²) in [5, 5.41) is 7.36. The van der Waals surface area contributed by atoms with Gasteiger partial charge in [0.1, 0.15) is 0 Å². The van der Waals surface area contributed by atoms with Crippen molar-refractivity contribution in [1.29, 1.82) is 0 Å². The lowest BCUT2D eigenvalue weighted by molar-refractivity contribution is -0.153. The summed E-state index contributed by atoms with van der Waals surface area (Å²) in [6.45, 7) is 18.8. The van der Waals surface area contributed by atoms with Crippen LogP contribution in [0.25, 0.3) is 0 Å². The van der Waals surface area contributed by atoms with E-state index in [1.165, 1.54) is 0 Å². The van der Waals surface area contributed by atoms with Gasteiger partial charge in [0, 0.05) is 34.0 Å². The number of esters is 2. The summed E-state index contributed by atoms with van der Waals surface area (Å²) in [6, 6.07) is 0. The molecule has 4 aliphatic rings. The molecular weight excluding hydrogens is 476 g/mol. The van der Waals surface area contributed by atoms with Gasteiger partial charge in [-0.25, -0.2) is 0 Å². The van der Waals surface area contributed by atoms with E-state index in [1.54, 1.807) is 0 Å². The van der Waals surface area contributed by atoms with Crippen LogP contribution in [0.3, 0.4) is 0 Å². The molecule has 2 aliphatic heterocycles. The van der Waals surface area contributed by atoms with E-state index in [1.807, 2.05) is 0 Å². The number of nitrogens with one attached hydrogen (secondary N) is 2. The van der Waals surface area contributed by atoms with Gasteiger partial charge in [-0.1, -0.05) is 0 Å². The van der Waals surface area contributed by atoms with Gasteiger partial charge >= 0.3 is 11.9 Å². The van der Waals surface area contributed by atoms with Gasteiger partial charge in [0.05, 0.1) is 25.0 Å². The number of hydrogen-bond acceptors (Lipinski definition) is 6. The molecule has 0 spiro atoms. The SMILES string of the molecule is CC1(C)CC(COC(=O)C2CCC(C3CCC(C(=O)OCC4CC(C)(C)NC4(C)C)CC3)CC2)C(C)(C)N1. The Labute approximate surface area is 232 Å². The van der Waals surface area contributed by atoms with Crippen LogP contribution in [0, 0.1) is 35.5 Å². The van der Waals surface area contributed by atoms with Crippen LogP contribution >= 0.6 is 0 Å². The van der Waals surface area contributed by atoms with Gasteiger partial charge < -0.3 is 20.1 Å². The standard InChI is InChI=1S/C32H56N2O4/c1-29(2)17-25(31(5,6)33-29)19-37-27(35)23-13-9-21(10-14-23)22-11-15-24(16-12-22)28(36)38-20-26-18-30(3,4)34-32(26,7)8/h21-26,33-34H,9-20H2,1-8H3. The third-order valence-corrected chi connectivity index (χ3v) is 10.6. The molecule has 2 N–H and O–H groups in total. The van der Waals surface area contributed by atoms with Crippen LogP contribution in [-0.2, 0) is 19.1 Å². The first-order valence-electron chi connectivity index (χ1n) is 15.5. The van der Waals surface area contributed by atoms with Crippen molar-refractivity contribution in [2.45, 2.75) is 142 Å². The molecule has 2 heterocycles. The lowest BCUT2D eigenvalue weighted by Gasteiger charge is -2.37. The highest BCUT2D eigenvalue weighted by Crippen LogP contribution is 2.43. The van der Waals surface area contributed by atoms with E-state index in [0.29, 0.717) is 36.9 Å². The molecule has 2 atom stereocenters. The normalized spacial score (nSPS) is 37.5. The molecule has 0 amide bonds. The van der Waals surface area contributed by atoms with Crippen molar-refractivity contribution in [3.05, 3.63) is 0 Å². The zero-order chi connectivity index (χ0) is 27.9. The van der Waals surface area contributed by atoms with Crippen LogP contribution in [0.15, 0.2) is 0 Å². The maximum Gasteiger partial charge on any atom is 0.308 e. The molecule has 2 unspecified atom stereocenters. The first kappa shape index (κ1) is 29.8. The van der Waals surface area contributed by atoms with E-state index in [0.717, 1.165) is 64.2 Å². The second-order valence-corrected chi connectivity index (χ2v) is 15.7. The van der Waals surface area contributed by atoms with E-state index >= 15 is 0 Å². The van der Waals surface area contributed by atoms with Crippen LogP contribution in [0.2, 0.25) is 0 Å². The number of carbonyl (C=O) groups is 2. The van der Waals surface area contributed by atoms with E-state index < -0.39 is 0 Å². The lowest BCUT2D eigenvalue weighted by atomic mass is 9.69. The largest absolute Gasteiger partial charge is 0.465 e. The van der Waals surface area contributed by atoms with E-state index in [-0.39, 0.29) is 45.9 Å². The van der Waals surface area contributed by atoms with E-state index in [4.69, 9.17) is 9.47 Å². The van der Waals surface area contributed by atoms with Crippen molar-refractivity contribution in [2.24, 2.45) is 35.5 Å². The summed E-state index contributed by atoms with van der Waals surface area (Å²) < 4.78 is 11.7. The van der Waals surface area contributed by atoms with Gasteiger partial charge in [-0.2, -0.15) is 0 Å². The van der Waals surface area contributed by atoms with Crippen LogP contribution in [0.4, 0.5) is 0 Å². The molecule has 6 nitrogen and oxygen atoms in total. The Kier molecular flexibility index (Phi) is 8.66. The second-order valence-electron chi connectivity index (χ2n) is 15.7. The molecule has 4 fully saturated rings. The molecule has 38 heavy (non-hydrogen) atoms. The number of carbonyl (C=O) groups excluding carboxylic acids is 2.